The van der Waals surface area contributed by atoms with Gasteiger partial charge in [0, 0.05) is 17.8 Å². The lowest BCUT2D eigenvalue weighted by Gasteiger charge is -2.20. The highest BCUT2D eigenvalue weighted by molar-refractivity contribution is 6.34. The zero-order chi connectivity index (χ0) is 19.1. The molecule has 0 atom stereocenters. The summed E-state index contributed by atoms with van der Waals surface area (Å²) in [6.07, 6.45) is 3.28. The van der Waals surface area contributed by atoms with E-state index in [0.717, 1.165) is 35.0 Å². The number of benzene rings is 1. The average molecular weight is 374 g/mol. The van der Waals surface area contributed by atoms with Crippen LogP contribution >= 0.6 is 11.6 Å². The van der Waals surface area contributed by atoms with Crippen LogP contribution in [0.25, 0.3) is 22.3 Å². The van der Waals surface area contributed by atoms with Gasteiger partial charge in [0.2, 0.25) is 0 Å². The molecule has 0 saturated heterocycles. The molecule has 0 aliphatic carbocycles. The number of aromatic hydroxyl groups is 1. The van der Waals surface area contributed by atoms with Gasteiger partial charge in [0.1, 0.15) is 5.52 Å². The molecule has 5 nitrogen and oxygen atoms in total. The highest BCUT2D eigenvalue weighted by Gasteiger charge is 2.23. The average Bonchev–Trinajstić information content (AvgIpc) is 2.92. The van der Waals surface area contributed by atoms with Crippen molar-refractivity contribution in [2.75, 3.05) is 0 Å². The first-order valence-electron chi connectivity index (χ1n) is 8.86. The summed E-state index contributed by atoms with van der Waals surface area (Å²) < 4.78 is 1.83. The van der Waals surface area contributed by atoms with Crippen LogP contribution in [0.4, 0.5) is 0 Å². The van der Waals surface area contributed by atoms with Crippen molar-refractivity contribution in [3.8, 4) is 17.1 Å². The lowest BCUT2D eigenvalue weighted by molar-refractivity contribution is 0.0786. The smallest absolute Gasteiger partial charge is 0.296 e. The van der Waals surface area contributed by atoms with E-state index in [2.05, 4.69) is 23.8 Å². The lowest BCUT2D eigenvalue weighted by Crippen LogP contribution is -2.14. The van der Waals surface area contributed by atoms with Crippen LogP contribution in [0, 0.1) is 0 Å². The fraction of sp³-hybridized carbons (Fsp3) is 0.400. The lowest BCUT2D eigenvalue weighted by atomic mass is 9.95. The number of hydrogen-bond donors (Lipinski definition) is 2. The van der Waals surface area contributed by atoms with Crippen LogP contribution in [-0.2, 0) is 5.60 Å². The van der Waals surface area contributed by atoms with Crippen molar-refractivity contribution < 1.29 is 10.2 Å². The molecule has 0 spiro atoms. The fourth-order valence-electron chi connectivity index (χ4n) is 3.35. The van der Waals surface area contributed by atoms with E-state index in [4.69, 9.17) is 11.6 Å². The second-order valence-corrected chi connectivity index (χ2v) is 7.45. The normalized spacial score (nSPS) is 12.3. The third-order valence-corrected chi connectivity index (χ3v) is 5.12. The van der Waals surface area contributed by atoms with Crippen molar-refractivity contribution in [2.24, 2.45) is 0 Å². The summed E-state index contributed by atoms with van der Waals surface area (Å²) in [7, 11) is 0. The molecule has 0 amide bonds. The predicted molar refractivity (Wildman–Crippen MR) is 105 cm³/mol. The number of hydrogen-bond acceptors (Lipinski definition) is 4. The van der Waals surface area contributed by atoms with Crippen LogP contribution in [0.2, 0.25) is 5.02 Å². The van der Waals surface area contributed by atoms with E-state index >= 15 is 0 Å². The Bertz CT molecular complexity index is 923. The Balaban J connectivity index is 2.27. The molecule has 2 heterocycles. The van der Waals surface area contributed by atoms with Gasteiger partial charge in [0.15, 0.2) is 5.65 Å². The first-order chi connectivity index (χ1) is 12.3. The maximum atomic E-state index is 10.4. The molecule has 0 aliphatic rings. The van der Waals surface area contributed by atoms with Crippen LogP contribution < -0.4 is 0 Å². The Morgan fingerprint density at radius 1 is 1.15 bits per heavy atom. The van der Waals surface area contributed by atoms with Gasteiger partial charge in [-0.1, -0.05) is 49.7 Å². The van der Waals surface area contributed by atoms with Crippen molar-refractivity contribution in [3.05, 3.63) is 41.0 Å². The molecule has 0 unspecified atom stereocenters. The first kappa shape index (κ1) is 18.7. The van der Waals surface area contributed by atoms with Gasteiger partial charge in [-0.3, -0.25) is 4.57 Å². The predicted octanol–water partition coefficient (Wildman–Crippen LogP) is 5.05. The van der Waals surface area contributed by atoms with Gasteiger partial charge in [-0.2, -0.15) is 4.98 Å². The number of aliphatic hydroxyl groups is 1. The van der Waals surface area contributed by atoms with E-state index in [1.807, 2.05) is 28.8 Å². The molecule has 1 aromatic carbocycles. The molecule has 3 rings (SSSR count). The highest BCUT2D eigenvalue weighted by Crippen LogP contribution is 2.39. The van der Waals surface area contributed by atoms with Gasteiger partial charge in [-0.15, -0.1) is 0 Å². The van der Waals surface area contributed by atoms with Crippen molar-refractivity contribution in [2.45, 2.75) is 52.2 Å². The monoisotopic (exact) mass is 373 g/mol. The Morgan fingerprint density at radius 2 is 1.77 bits per heavy atom. The molecule has 3 aromatic rings. The van der Waals surface area contributed by atoms with E-state index < -0.39 is 5.60 Å². The molecule has 0 bridgehead atoms. The molecule has 0 aliphatic heterocycles. The highest BCUT2D eigenvalue weighted by atomic mass is 35.5. The van der Waals surface area contributed by atoms with Gasteiger partial charge in [0.25, 0.3) is 6.01 Å². The summed E-state index contributed by atoms with van der Waals surface area (Å²) >= 11 is 6.51. The summed E-state index contributed by atoms with van der Waals surface area (Å²) in [4.78, 5) is 8.52. The van der Waals surface area contributed by atoms with Gasteiger partial charge >= 0.3 is 0 Å². The molecule has 138 valence electrons. The molecule has 0 fully saturated rings. The Kier molecular flexibility index (Phi) is 4.95. The van der Waals surface area contributed by atoms with Gasteiger partial charge in [-0.25, -0.2) is 4.98 Å². The van der Waals surface area contributed by atoms with Crippen molar-refractivity contribution in [3.63, 3.8) is 0 Å². The molecule has 26 heavy (non-hydrogen) atoms. The van der Waals surface area contributed by atoms with Crippen LogP contribution in [0.1, 0.15) is 52.1 Å². The summed E-state index contributed by atoms with van der Waals surface area (Å²) in [5.41, 5.74) is 2.80. The third kappa shape index (κ3) is 3.17. The number of aromatic nitrogens is 3. The molecular formula is C20H24ClN3O2. The van der Waals surface area contributed by atoms with E-state index in [-0.39, 0.29) is 12.1 Å². The van der Waals surface area contributed by atoms with Crippen molar-refractivity contribution in [1.82, 2.24) is 14.5 Å². The molecule has 2 aromatic heterocycles. The van der Waals surface area contributed by atoms with E-state index in [9.17, 15) is 10.2 Å². The maximum Gasteiger partial charge on any atom is 0.296 e. The molecule has 0 radical (unpaired) electrons. The quantitative estimate of drug-likeness (QED) is 0.656. The second kappa shape index (κ2) is 6.89. The second-order valence-electron chi connectivity index (χ2n) is 7.04. The summed E-state index contributed by atoms with van der Waals surface area (Å²) in [6.45, 7) is 7.66. The van der Waals surface area contributed by atoms with Gasteiger partial charge < -0.3 is 10.2 Å². The number of pyridine rings is 1. The zero-order valence-corrected chi connectivity index (χ0v) is 16.2. The standard InChI is InChI=1S/C20H24ClN3O2/c1-5-14(6-2)24-17-16(15(21)11-22-18(17)23-19(24)25)12-7-9-13(10-8-12)20(3,4)26/h7-11,14,26H,5-6H2,1-4H3,(H,22,23,25). The van der Waals surface area contributed by atoms with Crippen LogP contribution in [-0.4, -0.2) is 24.7 Å². The Labute approximate surface area is 158 Å². The van der Waals surface area contributed by atoms with Crippen LogP contribution in [0.5, 0.6) is 6.01 Å². The van der Waals surface area contributed by atoms with E-state index in [1.165, 1.54) is 0 Å². The van der Waals surface area contributed by atoms with E-state index in [1.54, 1.807) is 20.0 Å². The fourth-order valence-corrected chi connectivity index (χ4v) is 3.59. The minimum atomic E-state index is -0.911. The maximum absolute atomic E-state index is 10.4. The van der Waals surface area contributed by atoms with Crippen molar-refractivity contribution in [1.29, 1.82) is 0 Å². The minimum Gasteiger partial charge on any atom is -0.480 e. The Hall–Kier alpha value is -2.11. The number of fused-ring (bicyclic) bond motifs is 1. The molecular weight excluding hydrogens is 350 g/mol. The topological polar surface area (TPSA) is 71.2 Å². The number of imidazole rings is 1. The number of rotatable bonds is 5. The molecule has 6 heteroatoms. The van der Waals surface area contributed by atoms with Crippen LogP contribution in [0.15, 0.2) is 30.5 Å². The van der Waals surface area contributed by atoms with Gasteiger partial charge in [0.05, 0.1) is 10.6 Å². The molecule has 2 N–H and O–H groups in total. The van der Waals surface area contributed by atoms with Gasteiger partial charge in [-0.05, 0) is 37.8 Å². The van der Waals surface area contributed by atoms with Crippen LogP contribution in [0.3, 0.4) is 0 Å². The van der Waals surface area contributed by atoms with Crippen molar-refractivity contribution >= 4 is 22.8 Å². The largest absolute Gasteiger partial charge is 0.480 e. The number of halogens is 1. The SMILES string of the molecule is CCC(CC)n1c(O)nc2ncc(Cl)c(-c3ccc(C(C)(C)O)cc3)c21. The zero-order valence-electron chi connectivity index (χ0n) is 15.5. The molecule has 0 saturated carbocycles. The first-order valence-corrected chi connectivity index (χ1v) is 9.24. The summed E-state index contributed by atoms with van der Waals surface area (Å²) in [5, 5.41) is 21.1. The summed E-state index contributed by atoms with van der Waals surface area (Å²) in [5.74, 6) is 0. The third-order valence-electron chi connectivity index (χ3n) is 4.84. The summed E-state index contributed by atoms with van der Waals surface area (Å²) in [6, 6.07) is 7.68. The Morgan fingerprint density at radius 3 is 2.31 bits per heavy atom. The minimum absolute atomic E-state index is 0.0437. The number of nitrogens with zero attached hydrogens (tertiary/aromatic N) is 3. The van der Waals surface area contributed by atoms with E-state index in [0.29, 0.717) is 10.7 Å².